The summed E-state index contributed by atoms with van der Waals surface area (Å²) in [5, 5.41) is 6.70. The Morgan fingerprint density at radius 2 is 2.24 bits per heavy atom. The lowest BCUT2D eigenvalue weighted by atomic mass is 10.2. The third-order valence-electron chi connectivity index (χ3n) is 3.41. The first kappa shape index (κ1) is 13.0. The minimum atomic E-state index is -0.0193. The van der Waals surface area contributed by atoms with Crippen LogP contribution in [0.25, 0.3) is 0 Å². The number of thioether (sulfide) groups is 1. The number of hydrogen-bond acceptors (Lipinski definition) is 3. The Hall–Kier alpha value is -0.420. The Bertz CT molecular complexity index is 257. The van der Waals surface area contributed by atoms with Gasteiger partial charge in [-0.15, -0.1) is 0 Å². The molecule has 1 saturated heterocycles. The van der Waals surface area contributed by atoms with Gasteiger partial charge in [0.15, 0.2) is 0 Å². The third-order valence-corrected chi connectivity index (χ3v) is 4.74. The van der Waals surface area contributed by atoms with Crippen molar-refractivity contribution < 1.29 is 9.53 Å². The quantitative estimate of drug-likeness (QED) is 0.807. The summed E-state index contributed by atoms with van der Waals surface area (Å²) in [7, 11) is 0. The van der Waals surface area contributed by atoms with Gasteiger partial charge >= 0.3 is 6.03 Å². The summed E-state index contributed by atoms with van der Waals surface area (Å²) in [6, 6.07) is 0.532. The first-order chi connectivity index (χ1) is 8.29. The fraction of sp³-hybridized carbons (Fsp3) is 0.917. The minimum absolute atomic E-state index is 0.0193. The van der Waals surface area contributed by atoms with E-state index in [2.05, 4.69) is 17.6 Å². The highest BCUT2D eigenvalue weighted by molar-refractivity contribution is 7.99. The van der Waals surface area contributed by atoms with Crippen molar-refractivity contribution in [2.24, 2.45) is 0 Å². The second-order valence-electron chi connectivity index (χ2n) is 4.71. The lowest BCUT2D eigenvalue weighted by molar-refractivity contribution is 0.188. The Morgan fingerprint density at radius 3 is 2.94 bits per heavy atom. The number of hydrogen-bond donors (Lipinski definition) is 2. The predicted molar refractivity (Wildman–Crippen MR) is 70.5 cm³/mol. The molecule has 0 spiro atoms. The van der Waals surface area contributed by atoms with Crippen molar-refractivity contribution in [1.29, 1.82) is 0 Å². The van der Waals surface area contributed by atoms with Crippen LogP contribution >= 0.6 is 11.8 Å². The van der Waals surface area contributed by atoms with Gasteiger partial charge < -0.3 is 15.4 Å². The minimum Gasteiger partial charge on any atom is -0.379 e. The van der Waals surface area contributed by atoms with E-state index in [-0.39, 0.29) is 12.1 Å². The van der Waals surface area contributed by atoms with Gasteiger partial charge in [0.25, 0.3) is 0 Å². The second-order valence-corrected chi connectivity index (χ2v) is 6.23. The molecule has 2 fully saturated rings. The zero-order chi connectivity index (χ0) is 12.1. The normalized spacial score (nSPS) is 32.6. The first-order valence-corrected chi connectivity index (χ1v) is 7.61. The molecule has 0 radical (unpaired) electrons. The van der Waals surface area contributed by atoms with Crippen LogP contribution in [0.5, 0.6) is 0 Å². The summed E-state index contributed by atoms with van der Waals surface area (Å²) in [6.07, 6.45) is 4.52. The molecule has 3 unspecified atom stereocenters. The summed E-state index contributed by atoms with van der Waals surface area (Å²) in [5.74, 6) is 1.13. The van der Waals surface area contributed by atoms with Gasteiger partial charge in [-0.25, -0.2) is 4.79 Å². The molecule has 0 aromatic carbocycles. The molecule has 98 valence electrons. The molecule has 1 saturated carbocycles. The fourth-order valence-electron chi connectivity index (χ4n) is 2.55. The molecule has 4 nitrogen and oxygen atoms in total. The van der Waals surface area contributed by atoms with Crippen LogP contribution in [-0.2, 0) is 4.74 Å². The Balaban J connectivity index is 1.73. The van der Waals surface area contributed by atoms with E-state index in [0.29, 0.717) is 17.9 Å². The molecule has 2 rings (SSSR count). The highest BCUT2D eigenvalue weighted by Crippen LogP contribution is 2.29. The van der Waals surface area contributed by atoms with Crippen LogP contribution in [0, 0.1) is 0 Å². The van der Waals surface area contributed by atoms with Crippen molar-refractivity contribution >= 4 is 17.8 Å². The van der Waals surface area contributed by atoms with E-state index >= 15 is 0 Å². The van der Waals surface area contributed by atoms with Crippen molar-refractivity contribution in [3.05, 3.63) is 0 Å². The number of rotatable bonds is 4. The molecule has 3 atom stereocenters. The van der Waals surface area contributed by atoms with Gasteiger partial charge in [0, 0.05) is 17.9 Å². The highest BCUT2D eigenvalue weighted by atomic mass is 32.2. The topological polar surface area (TPSA) is 50.4 Å². The largest absolute Gasteiger partial charge is 0.379 e. The Kier molecular flexibility index (Phi) is 4.98. The number of amides is 2. The van der Waals surface area contributed by atoms with Gasteiger partial charge in [-0.2, -0.15) is 11.8 Å². The fourth-order valence-corrected chi connectivity index (χ4v) is 3.75. The van der Waals surface area contributed by atoms with Gasteiger partial charge in [-0.3, -0.25) is 0 Å². The van der Waals surface area contributed by atoms with Gasteiger partial charge in [0.2, 0.25) is 0 Å². The molecule has 5 heteroatoms. The van der Waals surface area contributed by atoms with Crippen molar-refractivity contribution in [3.63, 3.8) is 0 Å². The summed E-state index contributed by atoms with van der Waals surface area (Å²) >= 11 is 1.96. The van der Waals surface area contributed by atoms with Crippen LogP contribution in [0.4, 0.5) is 4.79 Å². The van der Waals surface area contributed by atoms with Gasteiger partial charge in [0.1, 0.15) is 0 Å². The maximum Gasteiger partial charge on any atom is 0.315 e. The molecule has 0 aromatic rings. The van der Waals surface area contributed by atoms with Crippen molar-refractivity contribution in [1.82, 2.24) is 10.6 Å². The first-order valence-electron chi connectivity index (χ1n) is 6.56. The average molecular weight is 258 g/mol. The summed E-state index contributed by atoms with van der Waals surface area (Å²) < 4.78 is 5.24. The van der Waals surface area contributed by atoms with E-state index in [0.717, 1.165) is 25.2 Å². The summed E-state index contributed by atoms with van der Waals surface area (Å²) in [6.45, 7) is 3.60. The SMILES string of the molecule is CCSC1CCCC1NC(=O)NC1CCOC1. The molecule has 0 aromatic heterocycles. The zero-order valence-electron chi connectivity index (χ0n) is 10.4. The number of urea groups is 1. The van der Waals surface area contributed by atoms with Crippen LogP contribution in [0.1, 0.15) is 32.6 Å². The molecule has 1 heterocycles. The smallest absolute Gasteiger partial charge is 0.315 e. The lowest BCUT2D eigenvalue weighted by Crippen LogP contribution is -2.48. The summed E-state index contributed by atoms with van der Waals surface area (Å²) in [4.78, 5) is 11.8. The van der Waals surface area contributed by atoms with E-state index in [1.807, 2.05) is 11.8 Å². The van der Waals surface area contributed by atoms with E-state index in [9.17, 15) is 4.79 Å². The van der Waals surface area contributed by atoms with E-state index in [4.69, 9.17) is 4.74 Å². The molecule has 2 N–H and O–H groups in total. The zero-order valence-corrected chi connectivity index (χ0v) is 11.2. The van der Waals surface area contributed by atoms with E-state index in [1.54, 1.807) is 0 Å². The number of carbonyl (C=O) groups is 1. The second kappa shape index (κ2) is 6.50. The predicted octanol–water partition coefficient (Wildman–Crippen LogP) is 1.75. The maximum absolute atomic E-state index is 11.8. The Labute approximate surface area is 107 Å². The molecule has 0 bridgehead atoms. The van der Waals surface area contributed by atoms with Crippen LogP contribution in [0.3, 0.4) is 0 Å². The molecule has 2 aliphatic rings. The standard InChI is InChI=1S/C12H22N2O2S/c1-2-17-11-5-3-4-10(11)14-12(15)13-9-6-7-16-8-9/h9-11H,2-8H2,1H3,(H2,13,14,15). The van der Waals surface area contributed by atoms with Gasteiger partial charge in [-0.1, -0.05) is 13.3 Å². The third kappa shape index (κ3) is 3.78. The Morgan fingerprint density at radius 1 is 1.35 bits per heavy atom. The van der Waals surface area contributed by atoms with Crippen molar-refractivity contribution in [2.75, 3.05) is 19.0 Å². The average Bonchev–Trinajstić information content (AvgIpc) is 2.92. The van der Waals surface area contributed by atoms with Crippen LogP contribution in [0.15, 0.2) is 0 Å². The van der Waals surface area contributed by atoms with Crippen LogP contribution in [0.2, 0.25) is 0 Å². The van der Waals surface area contributed by atoms with Crippen LogP contribution in [-0.4, -0.2) is 42.3 Å². The summed E-state index contributed by atoms with van der Waals surface area (Å²) in [5.41, 5.74) is 0. The van der Waals surface area contributed by atoms with E-state index < -0.39 is 0 Å². The van der Waals surface area contributed by atoms with Crippen molar-refractivity contribution in [2.45, 2.75) is 49.9 Å². The highest BCUT2D eigenvalue weighted by Gasteiger charge is 2.29. The van der Waals surface area contributed by atoms with Crippen LogP contribution < -0.4 is 10.6 Å². The van der Waals surface area contributed by atoms with Gasteiger partial charge in [-0.05, 0) is 25.0 Å². The molecule has 1 aliphatic heterocycles. The molecule has 17 heavy (non-hydrogen) atoms. The molecular formula is C12H22N2O2S. The van der Waals surface area contributed by atoms with Gasteiger partial charge in [0.05, 0.1) is 12.6 Å². The number of ether oxygens (including phenoxy) is 1. The maximum atomic E-state index is 11.8. The lowest BCUT2D eigenvalue weighted by Gasteiger charge is -2.21. The molecular weight excluding hydrogens is 236 g/mol. The van der Waals surface area contributed by atoms with Crippen molar-refractivity contribution in [3.8, 4) is 0 Å². The molecule has 1 aliphatic carbocycles. The number of carbonyl (C=O) groups excluding carboxylic acids is 1. The number of nitrogens with one attached hydrogen (secondary N) is 2. The monoisotopic (exact) mass is 258 g/mol. The molecule has 2 amide bonds. The van der Waals surface area contributed by atoms with E-state index in [1.165, 1.54) is 12.8 Å².